The molecular weight excluding hydrogens is 420 g/mol. The van der Waals surface area contributed by atoms with Crippen LogP contribution in [0.25, 0.3) is 0 Å². The second-order valence-electron chi connectivity index (χ2n) is 8.04. The smallest absolute Gasteiger partial charge is 0.254 e. The number of carbonyl (C=O) groups excluding carboxylic acids is 1. The Morgan fingerprint density at radius 2 is 1.94 bits per heavy atom. The average molecular weight is 445 g/mol. The van der Waals surface area contributed by atoms with E-state index in [4.69, 9.17) is 9.47 Å². The summed E-state index contributed by atoms with van der Waals surface area (Å²) in [7, 11) is -3.83. The van der Waals surface area contributed by atoms with Crippen LogP contribution in [0.2, 0.25) is 0 Å². The molecule has 1 N–H and O–H groups in total. The average Bonchev–Trinajstić information content (AvgIpc) is 3.43. The number of hydrogen-bond acceptors (Lipinski definition) is 7. The van der Waals surface area contributed by atoms with Crippen LogP contribution in [-0.2, 0) is 10.0 Å². The maximum Gasteiger partial charge on any atom is 0.254 e. The number of hydrogen-bond donors (Lipinski definition) is 1. The summed E-state index contributed by atoms with van der Waals surface area (Å²) in [5.41, 5.74) is 0.802. The second kappa shape index (κ2) is 7.76. The molecule has 1 saturated heterocycles. The maximum absolute atomic E-state index is 13.5. The second-order valence-corrected chi connectivity index (χ2v) is 9.93. The molecule has 2 fully saturated rings. The van der Waals surface area contributed by atoms with E-state index in [0.29, 0.717) is 61.2 Å². The van der Waals surface area contributed by atoms with Crippen molar-refractivity contribution < 1.29 is 22.7 Å². The van der Waals surface area contributed by atoms with Crippen molar-refractivity contribution in [2.75, 3.05) is 19.8 Å². The van der Waals surface area contributed by atoms with Gasteiger partial charge >= 0.3 is 0 Å². The zero-order valence-electron chi connectivity index (χ0n) is 17.2. The van der Waals surface area contributed by atoms with Gasteiger partial charge in [0.15, 0.2) is 11.5 Å². The molecule has 164 valence electrons. The molecule has 1 saturated carbocycles. The number of nitrogens with one attached hydrogen (secondary N) is 1. The number of fused-ring (bicyclic) bond motifs is 1. The molecule has 3 aliphatic rings. The van der Waals surface area contributed by atoms with Crippen molar-refractivity contribution in [1.82, 2.24) is 19.6 Å². The van der Waals surface area contributed by atoms with Gasteiger partial charge in [0.1, 0.15) is 19.0 Å². The summed E-state index contributed by atoms with van der Waals surface area (Å²) >= 11 is 0. The van der Waals surface area contributed by atoms with Crippen molar-refractivity contribution in [1.29, 1.82) is 0 Å². The molecule has 1 aliphatic carbocycles. The molecule has 1 unspecified atom stereocenters. The van der Waals surface area contributed by atoms with Crippen molar-refractivity contribution in [2.24, 2.45) is 0 Å². The Labute approximate surface area is 180 Å². The fourth-order valence-corrected chi connectivity index (χ4v) is 5.70. The van der Waals surface area contributed by atoms with Crippen LogP contribution in [0.15, 0.2) is 29.3 Å². The molecule has 1 aromatic carbocycles. The van der Waals surface area contributed by atoms with Gasteiger partial charge in [-0.15, -0.1) is 0 Å². The molecule has 0 spiro atoms. The van der Waals surface area contributed by atoms with Crippen LogP contribution in [0.4, 0.5) is 0 Å². The van der Waals surface area contributed by atoms with Gasteiger partial charge in [0.05, 0.1) is 22.2 Å². The summed E-state index contributed by atoms with van der Waals surface area (Å²) in [5, 5.41) is 2.96. The Balaban J connectivity index is 1.50. The minimum atomic E-state index is -3.83. The SMILES string of the molecule is Cc1ncc(C(=O)NC2CC2)c(C2CCCN2S(=O)(=O)c2ccc3c(c2)OCCO3)n1. The quantitative estimate of drug-likeness (QED) is 0.751. The van der Waals surface area contributed by atoms with Crippen LogP contribution in [0.1, 0.15) is 53.6 Å². The Morgan fingerprint density at radius 3 is 2.71 bits per heavy atom. The molecule has 9 nitrogen and oxygen atoms in total. The molecule has 3 heterocycles. The third-order valence-corrected chi connectivity index (χ3v) is 7.64. The standard InChI is InChI=1S/C21H24N4O5S/c1-13-22-12-16(21(26)24-14-4-5-14)20(23-13)17-3-2-8-25(17)31(27,28)15-6-7-18-19(11-15)30-10-9-29-18/h6-7,11-12,14,17H,2-5,8-10H2,1H3,(H,24,26). The van der Waals surface area contributed by atoms with E-state index in [0.717, 1.165) is 12.8 Å². The van der Waals surface area contributed by atoms with Crippen LogP contribution >= 0.6 is 0 Å². The molecule has 1 amide bonds. The molecule has 2 aliphatic heterocycles. The van der Waals surface area contributed by atoms with E-state index in [2.05, 4.69) is 15.3 Å². The van der Waals surface area contributed by atoms with Crippen LogP contribution in [-0.4, -0.2) is 54.4 Å². The summed E-state index contributed by atoms with van der Waals surface area (Å²) in [6, 6.07) is 4.31. The van der Waals surface area contributed by atoms with Crippen LogP contribution < -0.4 is 14.8 Å². The van der Waals surface area contributed by atoms with E-state index < -0.39 is 16.1 Å². The lowest BCUT2D eigenvalue weighted by Gasteiger charge is -2.26. The lowest BCUT2D eigenvalue weighted by atomic mass is 10.1. The lowest BCUT2D eigenvalue weighted by Crippen LogP contribution is -2.34. The minimum Gasteiger partial charge on any atom is -0.486 e. The van der Waals surface area contributed by atoms with Crippen molar-refractivity contribution >= 4 is 15.9 Å². The highest BCUT2D eigenvalue weighted by atomic mass is 32.2. The normalized spacial score (nSPS) is 21.1. The van der Waals surface area contributed by atoms with E-state index in [1.165, 1.54) is 22.6 Å². The highest BCUT2D eigenvalue weighted by Crippen LogP contribution is 2.39. The number of aryl methyl sites for hydroxylation is 1. The monoisotopic (exact) mass is 444 g/mol. The highest BCUT2D eigenvalue weighted by molar-refractivity contribution is 7.89. The minimum absolute atomic E-state index is 0.137. The van der Waals surface area contributed by atoms with Gasteiger partial charge < -0.3 is 14.8 Å². The summed E-state index contributed by atoms with van der Waals surface area (Å²) in [6.45, 7) is 2.91. The zero-order chi connectivity index (χ0) is 21.6. The predicted molar refractivity (Wildman–Crippen MR) is 111 cm³/mol. The molecule has 31 heavy (non-hydrogen) atoms. The first-order valence-corrected chi connectivity index (χ1v) is 11.9. The van der Waals surface area contributed by atoms with Gasteiger partial charge in [-0.25, -0.2) is 18.4 Å². The van der Waals surface area contributed by atoms with E-state index in [1.54, 1.807) is 13.0 Å². The van der Waals surface area contributed by atoms with E-state index >= 15 is 0 Å². The Morgan fingerprint density at radius 1 is 1.16 bits per heavy atom. The summed E-state index contributed by atoms with van der Waals surface area (Å²) in [4.78, 5) is 21.6. The first-order chi connectivity index (χ1) is 14.9. The van der Waals surface area contributed by atoms with Crippen molar-refractivity contribution in [3.05, 3.63) is 41.5 Å². The molecular formula is C21H24N4O5S. The molecule has 2 aromatic rings. The fourth-order valence-electron chi connectivity index (χ4n) is 4.03. The molecule has 5 rings (SSSR count). The van der Waals surface area contributed by atoms with Gasteiger partial charge in [-0.05, 0) is 44.7 Å². The van der Waals surface area contributed by atoms with Crippen molar-refractivity contribution in [3.63, 3.8) is 0 Å². The van der Waals surface area contributed by atoms with Gasteiger partial charge in [-0.3, -0.25) is 4.79 Å². The molecule has 1 atom stereocenters. The number of rotatable bonds is 5. The van der Waals surface area contributed by atoms with E-state index in [9.17, 15) is 13.2 Å². The third-order valence-electron chi connectivity index (χ3n) is 5.74. The first-order valence-electron chi connectivity index (χ1n) is 10.5. The number of benzene rings is 1. The maximum atomic E-state index is 13.5. The molecule has 0 radical (unpaired) electrons. The number of aromatic nitrogens is 2. The van der Waals surface area contributed by atoms with Gasteiger partial charge in [-0.2, -0.15) is 4.31 Å². The largest absolute Gasteiger partial charge is 0.486 e. The van der Waals surface area contributed by atoms with Gasteiger partial charge in [0, 0.05) is 24.8 Å². The van der Waals surface area contributed by atoms with Gasteiger partial charge in [0.25, 0.3) is 5.91 Å². The number of nitrogens with zero attached hydrogens (tertiary/aromatic N) is 3. The topological polar surface area (TPSA) is 111 Å². The number of amides is 1. The first kappa shape index (κ1) is 20.2. The summed E-state index contributed by atoms with van der Waals surface area (Å²) in [5.74, 6) is 1.21. The Hall–Kier alpha value is -2.72. The zero-order valence-corrected chi connectivity index (χ0v) is 18.0. The van der Waals surface area contributed by atoms with E-state index in [1.807, 2.05) is 0 Å². The predicted octanol–water partition coefficient (Wildman–Crippen LogP) is 1.97. The lowest BCUT2D eigenvalue weighted by molar-refractivity contribution is 0.0947. The van der Waals surface area contributed by atoms with Crippen LogP contribution in [0.3, 0.4) is 0 Å². The fraction of sp³-hybridized carbons (Fsp3) is 0.476. The highest BCUT2D eigenvalue weighted by Gasteiger charge is 2.40. The molecule has 0 bridgehead atoms. The Bertz CT molecular complexity index is 1130. The summed E-state index contributed by atoms with van der Waals surface area (Å²) < 4.78 is 39.6. The van der Waals surface area contributed by atoms with Gasteiger partial charge in [-0.1, -0.05) is 0 Å². The number of ether oxygens (including phenoxy) is 2. The molecule has 1 aromatic heterocycles. The van der Waals surface area contributed by atoms with Crippen molar-refractivity contribution in [2.45, 2.75) is 49.6 Å². The molecule has 10 heteroatoms. The Kier molecular flexibility index (Phi) is 5.05. The van der Waals surface area contributed by atoms with Crippen molar-refractivity contribution in [3.8, 4) is 11.5 Å². The van der Waals surface area contributed by atoms with E-state index in [-0.39, 0.29) is 16.8 Å². The van der Waals surface area contributed by atoms with Crippen LogP contribution in [0, 0.1) is 6.92 Å². The summed E-state index contributed by atoms with van der Waals surface area (Å²) in [6.07, 6.45) is 4.69. The number of carbonyl (C=O) groups is 1. The van der Waals surface area contributed by atoms with Crippen LogP contribution in [0.5, 0.6) is 11.5 Å². The third kappa shape index (κ3) is 3.85. The van der Waals surface area contributed by atoms with Gasteiger partial charge in [0.2, 0.25) is 10.0 Å². The number of sulfonamides is 1.